The molecule has 0 aliphatic rings. The third-order valence-corrected chi connectivity index (χ3v) is 5.76. The monoisotopic (exact) mass is 417 g/mol. The summed E-state index contributed by atoms with van der Waals surface area (Å²) in [6.45, 7) is 3.65. The molecule has 0 spiro atoms. The van der Waals surface area contributed by atoms with Crippen molar-refractivity contribution in [2.45, 2.75) is 24.3 Å². The highest BCUT2D eigenvalue weighted by Crippen LogP contribution is 2.35. The number of nitrogens with zero attached hydrogens (tertiary/aromatic N) is 3. The van der Waals surface area contributed by atoms with E-state index in [1.807, 2.05) is 47.2 Å². The summed E-state index contributed by atoms with van der Waals surface area (Å²) in [6, 6.07) is 8.79. The molecule has 0 saturated carbocycles. The molecule has 28 heavy (non-hydrogen) atoms. The molecule has 146 valence electrons. The first kappa shape index (κ1) is 19.9. The Hall–Kier alpha value is -2.85. The van der Waals surface area contributed by atoms with Crippen LogP contribution in [0.4, 0.5) is 4.79 Å². The minimum absolute atomic E-state index is 0.499. The van der Waals surface area contributed by atoms with Gasteiger partial charge in [-0.1, -0.05) is 23.9 Å². The molecule has 3 amide bonds. The summed E-state index contributed by atoms with van der Waals surface area (Å²) in [5, 5.41) is 12.6. The Morgan fingerprint density at radius 3 is 2.75 bits per heavy atom. The average molecular weight is 418 g/mol. The maximum absolute atomic E-state index is 12.1. The van der Waals surface area contributed by atoms with Gasteiger partial charge in [0.15, 0.2) is 11.0 Å². The molecule has 2 aromatic heterocycles. The summed E-state index contributed by atoms with van der Waals surface area (Å²) in [6.07, 6.45) is 0. The Kier molecular flexibility index (Phi) is 6.00. The van der Waals surface area contributed by atoms with Crippen LogP contribution >= 0.6 is 23.1 Å². The Morgan fingerprint density at radius 1 is 1.32 bits per heavy atom. The van der Waals surface area contributed by atoms with Crippen molar-refractivity contribution >= 4 is 35.0 Å². The number of aryl methyl sites for hydroxylation is 1. The van der Waals surface area contributed by atoms with E-state index in [0.717, 1.165) is 16.1 Å². The van der Waals surface area contributed by atoms with E-state index in [1.54, 1.807) is 14.0 Å². The zero-order valence-electron chi connectivity index (χ0n) is 15.5. The van der Waals surface area contributed by atoms with E-state index >= 15 is 0 Å². The van der Waals surface area contributed by atoms with Crippen molar-refractivity contribution in [3.8, 4) is 22.1 Å². The number of methoxy groups -OCH3 is 1. The molecular weight excluding hydrogens is 398 g/mol. The van der Waals surface area contributed by atoms with Crippen molar-refractivity contribution in [3.63, 3.8) is 0 Å². The van der Waals surface area contributed by atoms with E-state index in [-0.39, 0.29) is 0 Å². The van der Waals surface area contributed by atoms with E-state index in [1.165, 1.54) is 23.1 Å². The second kappa shape index (κ2) is 8.44. The molecule has 1 atom stereocenters. The lowest BCUT2D eigenvalue weighted by atomic mass is 10.2. The van der Waals surface area contributed by atoms with Gasteiger partial charge >= 0.3 is 6.03 Å². The SMILES string of the molecule is COc1ccc(C)cc1-n1c(SC(C)C(=O)NC(N)=O)nnc1-c1cccs1. The number of amides is 3. The highest BCUT2D eigenvalue weighted by atomic mass is 32.2. The van der Waals surface area contributed by atoms with Crippen molar-refractivity contribution in [1.29, 1.82) is 0 Å². The van der Waals surface area contributed by atoms with Crippen LogP contribution in [-0.2, 0) is 4.79 Å². The molecule has 0 bridgehead atoms. The Morgan fingerprint density at radius 2 is 2.11 bits per heavy atom. The van der Waals surface area contributed by atoms with Crippen LogP contribution in [0.25, 0.3) is 16.4 Å². The van der Waals surface area contributed by atoms with E-state index in [2.05, 4.69) is 15.5 Å². The predicted molar refractivity (Wildman–Crippen MR) is 109 cm³/mol. The van der Waals surface area contributed by atoms with E-state index in [4.69, 9.17) is 10.5 Å². The average Bonchev–Trinajstić information content (AvgIpc) is 3.30. The molecule has 2 heterocycles. The summed E-state index contributed by atoms with van der Waals surface area (Å²) in [5.41, 5.74) is 6.84. The maximum Gasteiger partial charge on any atom is 0.318 e. The number of benzene rings is 1. The number of hydrogen-bond acceptors (Lipinski definition) is 7. The molecule has 3 aromatic rings. The van der Waals surface area contributed by atoms with Crippen LogP contribution in [0.2, 0.25) is 0 Å². The number of primary amides is 1. The fourth-order valence-electron chi connectivity index (χ4n) is 2.54. The quantitative estimate of drug-likeness (QED) is 0.596. The van der Waals surface area contributed by atoms with Crippen LogP contribution < -0.4 is 15.8 Å². The highest BCUT2D eigenvalue weighted by Gasteiger charge is 2.24. The maximum atomic E-state index is 12.1. The molecule has 1 unspecified atom stereocenters. The number of thioether (sulfide) groups is 1. The largest absolute Gasteiger partial charge is 0.495 e. The zero-order chi connectivity index (χ0) is 20.3. The van der Waals surface area contributed by atoms with Gasteiger partial charge in [-0.25, -0.2) is 4.79 Å². The van der Waals surface area contributed by atoms with Gasteiger partial charge in [-0.2, -0.15) is 0 Å². The number of carbonyl (C=O) groups is 2. The Balaban J connectivity index is 2.09. The molecule has 8 nitrogen and oxygen atoms in total. The fourth-order valence-corrected chi connectivity index (χ4v) is 4.10. The molecule has 3 N–H and O–H groups in total. The number of hydrogen-bond donors (Lipinski definition) is 2. The van der Waals surface area contributed by atoms with Gasteiger partial charge in [0.2, 0.25) is 5.91 Å². The van der Waals surface area contributed by atoms with Crippen molar-refractivity contribution in [3.05, 3.63) is 41.3 Å². The first-order chi connectivity index (χ1) is 13.4. The number of rotatable bonds is 6. The van der Waals surface area contributed by atoms with Gasteiger partial charge in [0.05, 0.1) is 22.9 Å². The van der Waals surface area contributed by atoms with Gasteiger partial charge in [-0.05, 0) is 43.0 Å². The van der Waals surface area contributed by atoms with Gasteiger partial charge in [0.1, 0.15) is 5.75 Å². The standard InChI is InChI=1S/C18H19N5O3S2/c1-10-6-7-13(26-3)12(9-10)23-15(14-5-4-8-27-14)21-22-18(23)28-11(2)16(24)20-17(19)25/h4-9,11H,1-3H3,(H3,19,20,24,25). The lowest BCUT2D eigenvalue weighted by Gasteiger charge is -2.15. The van der Waals surface area contributed by atoms with E-state index in [9.17, 15) is 9.59 Å². The second-order valence-corrected chi connectivity index (χ2v) is 8.16. The first-order valence-corrected chi connectivity index (χ1v) is 10.1. The van der Waals surface area contributed by atoms with Crippen molar-refractivity contribution in [2.75, 3.05) is 7.11 Å². The Bertz CT molecular complexity index is 1000. The Labute approximate surface area is 170 Å². The number of carbonyl (C=O) groups excluding carboxylic acids is 2. The highest BCUT2D eigenvalue weighted by molar-refractivity contribution is 8.00. The molecule has 0 fully saturated rings. The fraction of sp³-hybridized carbons (Fsp3) is 0.222. The molecule has 0 saturated heterocycles. The first-order valence-electron chi connectivity index (χ1n) is 8.32. The smallest absolute Gasteiger partial charge is 0.318 e. The number of aromatic nitrogens is 3. The summed E-state index contributed by atoms with van der Waals surface area (Å²) in [7, 11) is 1.60. The lowest BCUT2D eigenvalue weighted by Crippen LogP contribution is -2.39. The zero-order valence-corrected chi connectivity index (χ0v) is 17.1. The van der Waals surface area contributed by atoms with Crippen molar-refractivity contribution < 1.29 is 14.3 Å². The molecule has 10 heteroatoms. The predicted octanol–water partition coefficient (Wildman–Crippen LogP) is 2.99. The summed E-state index contributed by atoms with van der Waals surface area (Å²) in [4.78, 5) is 24.0. The van der Waals surface area contributed by atoms with Gasteiger partial charge in [0, 0.05) is 0 Å². The number of ether oxygens (including phenoxy) is 1. The summed E-state index contributed by atoms with van der Waals surface area (Å²) < 4.78 is 7.39. The van der Waals surface area contributed by atoms with Crippen LogP contribution in [0.1, 0.15) is 12.5 Å². The van der Waals surface area contributed by atoms with Crippen molar-refractivity contribution in [1.82, 2.24) is 20.1 Å². The summed E-state index contributed by atoms with van der Waals surface area (Å²) in [5.74, 6) is 0.795. The van der Waals surface area contributed by atoms with Crippen molar-refractivity contribution in [2.24, 2.45) is 5.73 Å². The van der Waals surface area contributed by atoms with Crippen LogP contribution in [-0.4, -0.2) is 39.1 Å². The minimum Gasteiger partial charge on any atom is -0.495 e. The normalized spacial score (nSPS) is 11.8. The number of imide groups is 1. The van der Waals surface area contributed by atoms with Gasteiger partial charge in [-0.15, -0.1) is 21.5 Å². The minimum atomic E-state index is -0.890. The number of thiophene rings is 1. The number of urea groups is 1. The summed E-state index contributed by atoms with van der Waals surface area (Å²) >= 11 is 2.71. The van der Waals surface area contributed by atoms with Gasteiger partial charge < -0.3 is 10.5 Å². The van der Waals surface area contributed by atoms with Crippen LogP contribution in [0.5, 0.6) is 5.75 Å². The van der Waals surface area contributed by atoms with E-state index < -0.39 is 17.2 Å². The van der Waals surface area contributed by atoms with Gasteiger partial charge in [-0.3, -0.25) is 14.7 Å². The third-order valence-electron chi connectivity index (χ3n) is 3.85. The molecule has 1 aromatic carbocycles. The van der Waals surface area contributed by atoms with Gasteiger partial charge in [0.25, 0.3) is 0 Å². The molecule has 0 aliphatic heterocycles. The molecule has 0 aliphatic carbocycles. The molecule has 0 radical (unpaired) electrons. The van der Waals surface area contributed by atoms with Crippen LogP contribution in [0.15, 0.2) is 40.9 Å². The van der Waals surface area contributed by atoms with E-state index in [0.29, 0.717) is 16.7 Å². The van der Waals surface area contributed by atoms with Crippen LogP contribution in [0, 0.1) is 6.92 Å². The number of nitrogens with two attached hydrogens (primary N) is 1. The van der Waals surface area contributed by atoms with Crippen LogP contribution in [0.3, 0.4) is 0 Å². The third kappa shape index (κ3) is 4.18. The molecular formula is C18H19N5O3S2. The lowest BCUT2D eigenvalue weighted by molar-refractivity contribution is -0.119. The number of nitrogens with one attached hydrogen (secondary N) is 1. The molecule has 3 rings (SSSR count). The second-order valence-electron chi connectivity index (χ2n) is 5.91. The topological polar surface area (TPSA) is 112 Å².